The molecular weight excluding hydrogens is 364 g/mol. The van der Waals surface area contributed by atoms with Crippen LogP contribution in [-0.2, 0) is 4.79 Å². The number of amides is 1. The highest BCUT2D eigenvalue weighted by atomic mass is 32.1. The lowest BCUT2D eigenvalue weighted by Gasteiger charge is -2.19. The summed E-state index contributed by atoms with van der Waals surface area (Å²) in [6.07, 6.45) is 0. The van der Waals surface area contributed by atoms with Gasteiger partial charge in [0, 0.05) is 12.1 Å². The van der Waals surface area contributed by atoms with Crippen molar-refractivity contribution < 1.29 is 14.6 Å². The molecule has 1 unspecified atom stereocenters. The van der Waals surface area contributed by atoms with Crippen LogP contribution in [0.25, 0.3) is 10.2 Å². The minimum atomic E-state index is -0.471. The summed E-state index contributed by atoms with van der Waals surface area (Å²) in [5, 5.41) is 14.7. The molecule has 2 aromatic carbocycles. The van der Waals surface area contributed by atoms with Crippen LogP contribution in [0.5, 0.6) is 0 Å². The number of fused-ring (bicyclic) bond motifs is 1. The molecule has 3 rings (SSSR count). The Morgan fingerprint density at radius 2 is 2.07 bits per heavy atom. The molecule has 0 radical (unpaired) electrons. The number of rotatable bonds is 6. The maximum Gasteiger partial charge on any atom is 0.279 e. The van der Waals surface area contributed by atoms with Crippen LogP contribution in [0.2, 0.25) is 0 Å². The Morgan fingerprint density at radius 1 is 1.33 bits per heavy atom. The van der Waals surface area contributed by atoms with E-state index in [-0.39, 0.29) is 24.2 Å². The maximum absolute atomic E-state index is 12.4. The Bertz CT molecular complexity index is 969. The third-order valence-electron chi connectivity index (χ3n) is 4.57. The second-order valence-electron chi connectivity index (χ2n) is 6.57. The number of hydrogen-bond acceptors (Lipinski definition) is 5. The van der Waals surface area contributed by atoms with E-state index < -0.39 is 4.92 Å². The Balaban J connectivity index is 1.68. The van der Waals surface area contributed by atoms with E-state index in [4.69, 9.17) is 0 Å². The fourth-order valence-electron chi connectivity index (χ4n) is 2.74. The van der Waals surface area contributed by atoms with Crippen molar-refractivity contribution in [2.24, 2.45) is 0 Å². The molecule has 0 aliphatic rings. The predicted molar refractivity (Wildman–Crippen MR) is 106 cm³/mol. The third kappa shape index (κ3) is 4.29. The molecule has 0 bridgehead atoms. The van der Waals surface area contributed by atoms with Crippen LogP contribution in [0.1, 0.15) is 23.5 Å². The molecule has 3 aromatic rings. The summed E-state index contributed by atoms with van der Waals surface area (Å²) >= 11 is 1.63. The number of hydrogen-bond donors (Lipinski definition) is 2. The highest BCUT2D eigenvalue weighted by Gasteiger charge is 2.22. The first-order valence-electron chi connectivity index (χ1n) is 8.58. The van der Waals surface area contributed by atoms with Crippen LogP contribution >= 0.6 is 11.3 Å². The van der Waals surface area contributed by atoms with E-state index in [1.54, 1.807) is 24.3 Å². The number of carbonyl (C=O) groups is 1. The van der Waals surface area contributed by atoms with Gasteiger partial charge < -0.3 is 10.2 Å². The van der Waals surface area contributed by atoms with Gasteiger partial charge in [-0.3, -0.25) is 14.9 Å². The highest BCUT2D eigenvalue weighted by molar-refractivity contribution is 7.18. The molecule has 140 valence electrons. The van der Waals surface area contributed by atoms with Gasteiger partial charge in [0.25, 0.3) is 11.6 Å². The Hall–Kier alpha value is -2.84. The van der Waals surface area contributed by atoms with E-state index in [1.807, 2.05) is 38.2 Å². The number of non-ortho nitro benzene ring substituents is 1. The second-order valence-corrected chi connectivity index (χ2v) is 7.63. The minimum absolute atomic E-state index is 0.0422. The van der Waals surface area contributed by atoms with Crippen molar-refractivity contribution in [2.75, 3.05) is 18.9 Å². The standard InChI is InChI=1S/C19H20N4O3S/c1-12-8-9-14(23(25)26)10-16(12)20-18(24)11-22(3)13(2)19-21-15-6-4-5-7-17(15)27-19/h4-10,13H,11H2,1-3H3,(H,20,24)/p+1/t13-/m0/s1. The fourth-order valence-corrected chi connectivity index (χ4v) is 3.86. The van der Waals surface area contributed by atoms with Gasteiger partial charge in [0.1, 0.15) is 6.04 Å². The minimum Gasteiger partial charge on any atom is -0.322 e. The average molecular weight is 385 g/mol. The molecule has 2 atom stereocenters. The van der Waals surface area contributed by atoms with Crippen molar-refractivity contribution in [3.8, 4) is 0 Å². The maximum atomic E-state index is 12.4. The van der Waals surface area contributed by atoms with Crippen LogP contribution < -0.4 is 10.2 Å². The number of para-hydroxylation sites is 1. The largest absolute Gasteiger partial charge is 0.322 e. The van der Waals surface area contributed by atoms with Crippen molar-refractivity contribution in [2.45, 2.75) is 19.9 Å². The zero-order chi connectivity index (χ0) is 19.6. The summed E-state index contributed by atoms with van der Waals surface area (Å²) in [6, 6.07) is 12.5. The number of nitrogens with zero attached hydrogens (tertiary/aromatic N) is 2. The average Bonchev–Trinajstić information content (AvgIpc) is 3.06. The predicted octanol–water partition coefficient (Wildman–Crippen LogP) is 2.73. The number of carbonyl (C=O) groups excluding carboxylic acids is 1. The summed E-state index contributed by atoms with van der Waals surface area (Å²) in [4.78, 5) is 28.6. The van der Waals surface area contributed by atoms with Crippen LogP contribution in [0.4, 0.5) is 11.4 Å². The normalized spacial score (nSPS) is 13.3. The van der Waals surface area contributed by atoms with Gasteiger partial charge in [-0.15, -0.1) is 11.3 Å². The summed E-state index contributed by atoms with van der Waals surface area (Å²) in [7, 11) is 1.94. The zero-order valence-electron chi connectivity index (χ0n) is 15.4. The van der Waals surface area contributed by atoms with Gasteiger partial charge in [-0.2, -0.15) is 0 Å². The fraction of sp³-hybridized carbons (Fsp3) is 0.263. The summed E-state index contributed by atoms with van der Waals surface area (Å²) in [5.74, 6) is -0.191. The molecule has 0 aliphatic carbocycles. The molecule has 0 saturated carbocycles. The number of nitrogens with one attached hydrogen (secondary N) is 2. The number of aryl methyl sites for hydroxylation is 1. The number of thiazole rings is 1. The number of aromatic nitrogens is 1. The van der Waals surface area contributed by atoms with E-state index in [0.717, 1.165) is 25.7 Å². The Labute approximate surface area is 160 Å². The first kappa shape index (κ1) is 18.9. The monoisotopic (exact) mass is 385 g/mol. The molecule has 0 saturated heterocycles. The molecule has 0 fully saturated rings. The van der Waals surface area contributed by atoms with E-state index in [1.165, 1.54) is 12.1 Å². The number of quaternary nitrogens is 1. The lowest BCUT2D eigenvalue weighted by Crippen LogP contribution is -3.10. The van der Waals surface area contributed by atoms with E-state index >= 15 is 0 Å². The van der Waals surface area contributed by atoms with Gasteiger partial charge >= 0.3 is 0 Å². The number of likely N-dealkylation sites (N-methyl/N-ethyl adjacent to an activating group) is 1. The lowest BCUT2D eigenvalue weighted by atomic mass is 10.2. The molecule has 1 aromatic heterocycles. The van der Waals surface area contributed by atoms with Crippen molar-refractivity contribution in [1.29, 1.82) is 0 Å². The lowest BCUT2D eigenvalue weighted by molar-refractivity contribution is -0.902. The molecule has 2 N–H and O–H groups in total. The first-order chi connectivity index (χ1) is 12.8. The quantitative estimate of drug-likeness (QED) is 0.504. The highest BCUT2D eigenvalue weighted by Crippen LogP contribution is 2.25. The van der Waals surface area contributed by atoms with Crippen LogP contribution in [0, 0.1) is 17.0 Å². The number of nitro benzene ring substituents is 1. The molecular formula is C19H21N4O3S+. The SMILES string of the molecule is Cc1ccc([N+](=O)[O-])cc1NC(=O)C[NH+](C)[C@@H](C)c1nc2ccccc2s1. The van der Waals surface area contributed by atoms with Gasteiger partial charge in [-0.05, 0) is 31.5 Å². The van der Waals surface area contributed by atoms with Gasteiger partial charge in [0.2, 0.25) is 0 Å². The topological polar surface area (TPSA) is 89.6 Å². The first-order valence-corrected chi connectivity index (χ1v) is 9.39. The number of nitro groups is 1. The third-order valence-corrected chi connectivity index (χ3v) is 5.78. The Kier molecular flexibility index (Phi) is 5.48. The van der Waals surface area contributed by atoms with Crippen LogP contribution in [0.15, 0.2) is 42.5 Å². The summed E-state index contributed by atoms with van der Waals surface area (Å²) in [5.41, 5.74) is 2.17. The van der Waals surface area contributed by atoms with Gasteiger partial charge in [-0.25, -0.2) is 4.98 Å². The van der Waals surface area contributed by atoms with E-state index in [2.05, 4.69) is 10.3 Å². The molecule has 7 nitrogen and oxygen atoms in total. The molecule has 8 heteroatoms. The van der Waals surface area contributed by atoms with Crippen molar-refractivity contribution in [1.82, 2.24) is 4.98 Å². The van der Waals surface area contributed by atoms with Crippen LogP contribution in [0.3, 0.4) is 0 Å². The smallest absolute Gasteiger partial charge is 0.279 e. The van der Waals surface area contributed by atoms with Crippen LogP contribution in [-0.4, -0.2) is 29.4 Å². The van der Waals surface area contributed by atoms with E-state index in [0.29, 0.717) is 5.69 Å². The molecule has 1 heterocycles. The molecule has 27 heavy (non-hydrogen) atoms. The van der Waals surface area contributed by atoms with Crippen molar-refractivity contribution in [3.63, 3.8) is 0 Å². The molecule has 0 spiro atoms. The number of benzene rings is 2. The molecule has 1 amide bonds. The molecule has 0 aliphatic heterocycles. The summed E-state index contributed by atoms with van der Waals surface area (Å²) < 4.78 is 1.13. The van der Waals surface area contributed by atoms with Gasteiger partial charge in [-0.1, -0.05) is 18.2 Å². The summed E-state index contributed by atoms with van der Waals surface area (Å²) in [6.45, 7) is 4.08. The Morgan fingerprint density at radius 3 is 2.78 bits per heavy atom. The van der Waals surface area contributed by atoms with Crippen molar-refractivity contribution in [3.05, 3.63) is 63.1 Å². The van der Waals surface area contributed by atoms with E-state index in [9.17, 15) is 14.9 Å². The zero-order valence-corrected chi connectivity index (χ0v) is 16.2. The van der Waals surface area contributed by atoms with Crippen molar-refractivity contribution >= 4 is 38.8 Å². The van der Waals surface area contributed by atoms with Gasteiger partial charge in [0.15, 0.2) is 11.6 Å². The number of anilines is 1. The second kappa shape index (κ2) is 7.81. The van der Waals surface area contributed by atoms with Gasteiger partial charge in [0.05, 0.1) is 27.9 Å².